The second kappa shape index (κ2) is 9.11. The number of methoxy groups -OCH3 is 1. The lowest BCUT2D eigenvalue weighted by molar-refractivity contribution is -0.645. The molecule has 11 heteroatoms. The first kappa shape index (κ1) is 26.0. The number of aromatic nitrogens is 3. The number of nitrogens with zero attached hydrogens (tertiary/aromatic N) is 3. The van der Waals surface area contributed by atoms with E-state index in [4.69, 9.17) is 22.7 Å². The fourth-order valence-electron chi connectivity index (χ4n) is 5.00. The molecule has 2 aromatic heterocycles. The molecule has 192 valence electrons. The Kier molecular flexibility index (Phi) is 6.59. The van der Waals surface area contributed by atoms with Crippen molar-refractivity contribution in [3.8, 4) is 6.01 Å². The van der Waals surface area contributed by atoms with E-state index in [1.165, 1.54) is 28.6 Å². The Morgan fingerprint density at radius 1 is 1.19 bits per heavy atom. The van der Waals surface area contributed by atoms with Crippen molar-refractivity contribution in [2.45, 2.75) is 38.1 Å². The molecule has 0 amide bonds. The first-order valence-corrected chi connectivity index (χ1v) is 12.7. The Bertz CT molecular complexity index is 1450. The van der Waals surface area contributed by atoms with Gasteiger partial charge in [0.1, 0.15) is 7.05 Å². The van der Waals surface area contributed by atoms with Gasteiger partial charge in [0.15, 0.2) is 16.3 Å². The van der Waals surface area contributed by atoms with E-state index >= 15 is 0 Å². The maximum absolute atomic E-state index is 10.7. The summed E-state index contributed by atoms with van der Waals surface area (Å²) >= 11 is 0. The lowest BCUT2D eigenvalue weighted by Gasteiger charge is -2.56. The molecule has 6 rings (SSSR count). The molecule has 2 unspecified atom stereocenters. The summed E-state index contributed by atoms with van der Waals surface area (Å²) < 4.78 is 66.5. The topological polar surface area (TPSA) is 96.1 Å². The molecule has 0 aliphatic heterocycles. The fourth-order valence-corrected chi connectivity index (χ4v) is 5.00. The maximum Gasteiger partial charge on any atom is 0.485 e. The van der Waals surface area contributed by atoms with Crippen LogP contribution in [0, 0.1) is 11.3 Å². The molecule has 1 fully saturated rings. The highest BCUT2D eigenvalue weighted by atomic mass is 32.2. The highest BCUT2D eigenvalue weighted by Gasteiger charge is 2.54. The standard InChI is InChI=1S/C24H26N3O.CHF3O3S/c1-24(2)17-12-18-20(25-23(28-4)26-22(18)19(24)13-17)10-9-15-11-16-7-5-6-8-21(16)27(3)14-15;2-1(3,4)8(5,6)7/h5-11,14,17,19H,12-13H2,1-4H3;(H,5,6,7)/q+1;/p-1. The van der Waals surface area contributed by atoms with E-state index in [9.17, 15) is 13.2 Å². The van der Waals surface area contributed by atoms with Gasteiger partial charge in [-0.15, -0.1) is 0 Å². The van der Waals surface area contributed by atoms with Gasteiger partial charge < -0.3 is 9.29 Å². The molecule has 0 N–H and O–H groups in total. The molecule has 36 heavy (non-hydrogen) atoms. The van der Waals surface area contributed by atoms with Gasteiger partial charge in [-0.25, -0.2) is 13.0 Å². The highest BCUT2D eigenvalue weighted by molar-refractivity contribution is 7.86. The first-order valence-electron chi connectivity index (χ1n) is 11.3. The maximum atomic E-state index is 10.7. The van der Waals surface area contributed by atoms with Crippen molar-refractivity contribution in [1.29, 1.82) is 0 Å². The van der Waals surface area contributed by atoms with Gasteiger partial charge >= 0.3 is 11.5 Å². The van der Waals surface area contributed by atoms with Crippen LogP contribution in [0.25, 0.3) is 23.1 Å². The van der Waals surface area contributed by atoms with E-state index < -0.39 is 15.6 Å². The van der Waals surface area contributed by atoms with Gasteiger partial charge in [-0.3, -0.25) is 0 Å². The van der Waals surface area contributed by atoms with Gasteiger partial charge in [-0.05, 0) is 48.5 Å². The number of ether oxygens (including phenoxy) is 1. The van der Waals surface area contributed by atoms with E-state index in [1.54, 1.807) is 7.11 Å². The molecule has 1 aromatic carbocycles. The summed E-state index contributed by atoms with van der Waals surface area (Å²) in [5, 5.41) is 1.23. The molecule has 2 atom stereocenters. The van der Waals surface area contributed by atoms with Crippen LogP contribution in [-0.4, -0.2) is 35.6 Å². The number of pyridine rings is 1. The number of rotatable bonds is 3. The van der Waals surface area contributed by atoms with E-state index in [0.717, 1.165) is 23.6 Å². The number of hydrogen-bond acceptors (Lipinski definition) is 6. The van der Waals surface area contributed by atoms with Gasteiger partial charge in [0.05, 0.1) is 18.5 Å². The number of halogens is 3. The minimum atomic E-state index is -6.09. The molecule has 0 radical (unpaired) electrons. The molecule has 2 heterocycles. The highest BCUT2D eigenvalue weighted by Crippen LogP contribution is 2.62. The van der Waals surface area contributed by atoms with Gasteiger partial charge in [-0.1, -0.05) is 26.0 Å². The van der Waals surface area contributed by atoms with E-state index in [1.807, 2.05) is 0 Å². The van der Waals surface area contributed by atoms with Crippen LogP contribution in [0.15, 0.2) is 36.5 Å². The zero-order valence-electron chi connectivity index (χ0n) is 20.2. The zero-order valence-corrected chi connectivity index (χ0v) is 21.0. The Balaban J connectivity index is 0.000000331. The smallest absolute Gasteiger partial charge is 0.485 e. The summed E-state index contributed by atoms with van der Waals surface area (Å²) in [6.45, 7) is 4.74. The van der Waals surface area contributed by atoms with Crippen LogP contribution in [-0.2, 0) is 23.6 Å². The summed E-state index contributed by atoms with van der Waals surface area (Å²) in [6, 6.07) is 11.1. The third kappa shape index (κ3) is 4.81. The Hall–Kier alpha value is -3.05. The summed E-state index contributed by atoms with van der Waals surface area (Å²) in [4.78, 5) is 9.43. The van der Waals surface area contributed by atoms with Crippen LogP contribution in [0.5, 0.6) is 6.01 Å². The molecule has 7 nitrogen and oxygen atoms in total. The van der Waals surface area contributed by atoms with Crippen LogP contribution in [0.4, 0.5) is 13.2 Å². The van der Waals surface area contributed by atoms with Crippen LogP contribution in [0.1, 0.15) is 48.7 Å². The summed E-state index contributed by atoms with van der Waals surface area (Å²) in [6.07, 6.45) is 8.74. The minimum Gasteiger partial charge on any atom is -0.741 e. The summed E-state index contributed by atoms with van der Waals surface area (Å²) in [5.74, 6) is 1.25. The molecule has 0 spiro atoms. The largest absolute Gasteiger partial charge is 0.741 e. The minimum absolute atomic E-state index is 0.333. The average Bonchev–Trinajstić information content (AvgIpc) is 2.80. The van der Waals surface area contributed by atoms with Gasteiger partial charge in [-0.2, -0.15) is 23.1 Å². The monoisotopic (exact) mass is 521 g/mol. The van der Waals surface area contributed by atoms with E-state index in [2.05, 4.69) is 79.1 Å². The molecular weight excluding hydrogens is 495 g/mol. The quantitative estimate of drug-likeness (QED) is 0.289. The molecule has 3 aromatic rings. The number of para-hydroxylation sites is 1. The Labute approximate surface area is 207 Å². The average molecular weight is 522 g/mol. The zero-order chi connectivity index (χ0) is 26.5. The van der Waals surface area contributed by atoms with Crippen molar-refractivity contribution >= 4 is 33.2 Å². The van der Waals surface area contributed by atoms with Crippen molar-refractivity contribution in [1.82, 2.24) is 9.97 Å². The van der Waals surface area contributed by atoms with Crippen LogP contribution in [0.2, 0.25) is 0 Å². The van der Waals surface area contributed by atoms with E-state index in [-0.39, 0.29) is 0 Å². The Morgan fingerprint density at radius 3 is 2.47 bits per heavy atom. The second-order valence-electron chi connectivity index (χ2n) is 9.65. The third-order valence-electron chi connectivity index (χ3n) is 7.18. The van der Waals surface area contributed by atoms with Gasteiger partial charge in [0.2, 0.25) is 5.52 Å². The molecule has 1 saturated carbocycles. The predicted octanol–water partition coefficient (Wildman–Crippen LogP) is 4.37. The van der Waals surface area contributed by atoms with Crippen molar-refractivity contribution in [2.24, 2.45) is 18.4 Å². The number of aryl methyl sites for hydroxylation is 1. The number of alkyl halides is 3. The van der Waals surface area contributed by atoms with Crippen molar-refractivity contribution in [3.05, 3.63) is 59.0 Å². The normalized spacial score (nSPS) is 20.3. The van der Waals surface area contributed by atoms with Crippen molar-refractivity contribution in [2.75, 3.05) is 7.11 Å². The van der Waals surface area contributed by atoms with E-state index in [0.29, 0.717) is 17.3 Å². The number of benzene rings is 1. The molecule has 3 aliphatic carbocycles. The molecule has 2 bridgehead atoms. The summed E-state index contributed by atoms with van der Waals surface area (Å²) in [5.41, 5.74) is 0.581. The molecule has 3 aliphatic rings. The van der Waals surface area contributed by atoms with Crippen molar-refractivity contribution < 1.29 is 35.4 Å². The third-order valence-corrected chi connectivity index (χ3v) is 7.75. The lowest BCUT2D eigenvalue weighted by atomic mass is 9.48. The number of fused-ring (bicyclic) bond motifs is 1. The predicted molar refractivity (Wildman–Crippen MR) is 127 cm³/mol. The fraction of sp³-hybridized carbons (Fsp3) is 0.400. The molecular formula is C25H26F3N3O4S. The lowest BCUT2D eigenvalue weighted by Crippen LogP contribution is -2.48. The number of hydrogen-bond donors (Lipinski definition) is 0. The Morgan fingerprint density at radius 2 is 1.86 bits per heavy atom. The van der Waals surface area contributed by atoms with Gasteiger partial charge in [0, 0.05) is 28.5 Å². The van der Waals surface area contributed by atoms with Crippen LogP contribution < -0.4 is 9.30 Å². The second-order valence-corrected chi connectivity index (χ2v) is 11.0. The van der Waals surface area contributed by atoms with Crippen molar-refractivity contribution in [3.63, 3.8) is 0 Å². The van der Waals surface area contributed by atoms with Crippen LogP contribution in [0.3, 0.4) is 0 Å². The van der Waals surface area contributed by atoms with Gasteiger partial charge in [0.25, 0.3) is 0 Å². The van der Waals surface area contributed by atoms with Crippen LogP contribution >= 0.6 is 0 Å². The summed E-state index contributed by atoms with van der Waals surface area (Å²) in [7, 11) is -2.35. The SMILES string of the molecule is COc1nc(C=Cc2cc3ccccc3[n+](C)c2)c2c(n1)C1CC(C2)C1(C)C.O=S(=O)([O-])C(F)(F)F. The first-order chi connectivity index (χ1) is 16.7. The molecule has 0 saturated heterocycles.